The normalized spacial score (nSPS) is 12.0. The summed E-state index contributed by atoms with van der Waals surface area (Å²) in [5, 5.41) is 9.64. The van der Waals surface area contributed by atoms with Crippen LogP contribution in [0.1, 0.15) is 35.1 Å². The molecule has 3 heteroatoms. The zero-order valence-electron chi connectivity index (χ0n) is 13.3. The second-order valence-electron chi connectivity index (χ2n) is 5.45. The lowest BCUT2D eigenvalue weighted by atomic mass is 9.89. The number of aryl methyl sites for hydroxylation is 2. The number of carboxylic acid groups (broad SMARTS) is 1. The van der Waals surface area contributed by atoms with Crippen molar-refractivity contribution in [3.63, 3.8) is 0 Å². The minimum atomic E-state index is -0.796. The molecule has 1 N–H and O–H groups in total. The molecule has 3 nitrogen and oxygen atoms in total. The summed E-state index contributed by atoms with van der Waals surface area (Å²) in [5.74, 6) is -0.529. The summed E-state index contributed by atoms with van der Waals surface area (Å²) in [6, 6.07) is 13.6. The summed E-state index contributed by atoms with van der Waals surface area (Å²) in [6.45, 7) is 4.05. The van der Waals surface area contributed by atoms with Crippen molar-refractivity contribution < 1.29 is 14.6 Å². The number of benzene rings is 2. The zero-order chi connectivity index (χ0) is 16.1. The molecule has 2 aromatic carbocycles. The molecule has 0 radical (unpaired) electrons. The maximum atomic E-state index is 11.7. The standard InChI is InChI=1S/C19H22O3/c1-4-14-11-16(9-10-18(14)22-3)17(19(20)21)12-15-8-6-5-7-13(15)2/h5-11,17H,4,12H2,1-3H3,(H,20,21). The summed E-state index contributed by atoms with van der Waals surface area (Å²) < 4.78 is 5.32. The van der Waals surface area contributed by atoms with Crippen molar-refractivity contribution >= 4 is 5.97 Å². The zero-order valence-corrected chi connectivity index (χ0v) is 13.3. The highest BCUT2D eigenvalue weighted by atomic mass is 16.5. The van der Waals surface area contributed by atoms with E-state index in [2.05, 4.69) is 0 Å². The lowest BCUT2D eigenvalue weighted by molar-refractivity contribution is -0.138. The van der Waals surface area contributed by atoms with Crippen molar-refractivity contribution in [3.05, 3.63) is 64.7 Å². The van der Waals surface area contributed by atoms with Gasteiger partial charge in [0, 0.05) is 0 Å². The van der Waals surface area contributed by atoms with E-state index in [1.54, 1.807) is 7.11 Å². The first kappa shape index (κ1) is 16.1. The van der Waals surface area contributed by atoms with E-state index in [9.17, 15) is 9.90 Å². The van der Waals surface area contributed by atoms with E-state index < -0.39 is 11.9 Å². The van der Waals surface area contributed by atoms with Gasteiger partial charge in [0.15, 0.2) is 0 Å². The number of carboxylic acids is 1. The summed E-state index contributed by atoms with van der Waals surface area (Å²) in [5.41, 5.74) is 4.06. The van der Waals surface area contributed by atoms with E-state index in [1.165, 1.54) is 0 Å². The molecular formula is C19H22O3. The maximum absolute atomic E-state index is 11.7. The summed E-state index contributed by atoms with van der Waals surface area (Å²) >= 11 is 0. The summed E-state index contributed by atoms with van der Waals surface area (Å²) in [6.07, 6.45) is 1.31. The first-order chi connectivity index (χ1) is 10.6. The molecule has 0 amide bonds. The predicted molar refractivity (Wildman–Crippen MR) is 87.6 cm³/mol. The van der Waals surface area contributed by atoms with Crippen LogP contribution in [0.4, 0.5) is 0 Å². The van der Waals surface area contributed by atoms with Gasteiger partial charge in [-0.3, -0.25) is 4.79 Å². The third kappa shape index (κ3) is 3.48. The van der Waals surface area contributed by atoms with Crippen LogP contribution in [-0.2, 0) is 17.6 Å². The van der Waals surface area contributed by atoms with E-state index >= 15 is 0 Å². The van der Waals surface area contributed by atoms with Gasteiger partial charge >= 0.3 is 5.97 Å². The lowest BCUT2D eigenvalue weighted by Crippen LogP contribution is -2.15. The molecular weight excluding hydrogens is 276 g/mol. The molecule has 2 aromatic rings. The van der Waals surface area contributed by atoms with Crippen LogP contribution in [0.2, 0.25) is 0 Å². The Morgan fingerprint density at radius 2 is 1.91 bits per heavy atom. The maximum Gasteiger partial charge on any atom is 0.311 e. The second kappa shape index (κ2) is 7.12. The highest BCUT2D eigenvalue weighted by Gasteiger charge is 2.22. The fraction of sp³-hybridized carbons (Fsp3) is 0.316. The molecule has 1 unspecified atom stereocenters. The third-order valence-electron chi connectivity index (χ3n) is 4.07. The Morgan fingerprint density at radius 1 is 1.18 bits per heavy atom. The van der Waals surface area contributed by atoms with Crippen molar-refractivity contribution in [3.8, 4) is 5.75 Å². The van der Waals surface area contributed by atoms with Gasteiger partial charge in [-0.25, -0.2) is 0 Å². The van der Waals surface area contributed by atoms with Crippen LogP contribution in [-0.4, -0.2) is 18.2 Å². The van der Waals surface area contributed by atoms with Gasteiger partial charge in [-0.2, -0.15) is 0 Å². The Balaban J connectivity index is 2.36. The van der Waals surface area contributed by atoms with Crippen LogP contribution >= 0.6 is 0 Å². The van der Waals surface area contributed by atoms with Gasteiger partial charge in [0.2, 0.25) is 0 Å². The van der Waals surface area contributed by atoms with Crippen molar-refractivity contribution in [2.75, 3.05) is 7.11 Å². The Labute approximate surface area is 131 Å². The Kier molecular flexibility index (Phi) is 5.21. The van der Waals surface area contributed by atoms with Gasteiger partial charge in [0.25, 0.3) is 0 Å². The van der Waals surface area contributed by atoms with Gasteiger partial charge < -0.3 is 9.84 Å². The van der Waals surface area contributed by atoms with Crippen molar-refractivity contribution in [2.45, 2.75) is 32.6 Å². The number of carbonyl (C=O) groups is 1. The van der Waals surface area contributed by atoms with Gasteiger partial charge in [-0.15, -0.1) is 0 Å². The van der Waals surface area contributed by atoms with E-state index in [0.29, 0.717) is 6.42 Å². The van der Waals surface area contributed by atoms with E-state index in [4.69, 9.17) is 4.74 Å². The average molecular weight is 298 g/mol. The molecule has 0 aliphatic heterocycles. The van der Waals surface area contributed by atoms with Crippen LogP contribution in [0.15, 0.2) is 42.5 Å². The molecule has 0 bridgehead atoms. The molecule has 0 spiro atoms. The fourth-order valence-electron chi connectivity index (χ4n) is 2.70. The monoisotopic (exact) mass is 298 g/mol. The predicted octanol–water partition coefficient (Wildman–Crippen LogP) is 3.98. The molecule has 0 aromatic heterocycles. The molecule has 22 heavy (non-hydrogen) atoms. The molecule has 0 aliphatic rings. The van der Waals surface area contributed by atoms with Crippen molar-refractivity contribution in [1.29, 1.82) is 0 Å². The lowest BCUT2D eigenvalue weighted by Gasteiger charge is -2.16. The largest absolute Gasteiger partial charge is 0.496 e. The number of aliphatic carboxylic acids is 1. The highest BCUT2D eigenvalue weighted by molar-refractivity contribution is 5.77. The first-order valence-electron chi connectivity index (χ1n) is 7.51. The van der Waals surface area contributed by atoms with Gasteiger partial charge in [0.1, 0.15) is 5.75 Å². The molecule has 0 aliphatic carbocycles. The Bertz CT molecular complexity index is 661. The topological polar surface area (TPSA) is 46.5 Å². The van der Waals surface area contributed by atoms with E-state index in [-0.39, 0.29) is 0 Å². The van der Waals surface area contributed by atoms with Crippen LogP contribution < -0.4 is 4.74 Å². The Morgan fingerprint density at radius 3 is 2.50 bits per heavy atom. The first-order valence-corrected chi connectivity index (χ1v) is 7.51. The van der Waals surface area contributed by atoms with Crippen LogP contribution in [0.25, 0.3) is 0 Å². The second-order valence-corrected chi connectivity index (χ2v) is 5.45. The van der Waals surface area contributed by atoms with Crippen LogP contribution in [0.3, 0.4) is 0 Å². The number of methoxy groups -OCH3 is 1. The molecule has 0 saturated carbocycles. The van der Waals surface area contributed by atoms with Gasteiger partial charge in [-0.05, 0) is 48.1 Å². The highest BCUT2D eigenvalue weighted by Crippen LogP contribution is 2.28. The Hall–Kier alpha value is -2.29. The number of hydrogen-bond donors (Lipinski definition) is 1. The molecule has 2 rings (SSSR count). The molecule has 0 saturated heterocycles. The van der Waals surface area contributed by atoms with Crippen LogP contribution in [0.5, 0.6) is 5.75 Å². The van der Waals surface area contributed by atoms with E-state index in [1.807, 2.05) is 56.3 Å². The third-order valence-corrected chi connectivity index (χ3v) is 4.07. The minimum Gasteiger partial charge on any atom is -0.496 e. The number of ether oxygens (including phenoxy) is 1. The average Bonchev–Trinajstić information content (AvgIpc) is 2.53. The molecule has 116 valence electrons. The van der Waals surface area contributed by atoms with Crippen molar-refractivity contribution in [1.82, 2.24) is 0 Å². The number of hydrogen-bond acceptors (Lipinski definition) is 2. The van der Waals surface area contributed by atoms with E-state index in [0.717, 1.165) is 34.4 Å². The number of rotatable bonds is 6. The fourth-order valence-corrected chi connectivity index (χ4v) is 2.70. The minimum absolute atomic E-state index is 0.498. The molecule has 1 atom stereocenters. The summed E-state index contributed by atoms with van der Waals surface area (Å²) in [4.78, 5) is 11.7. The van der Waals surface area contributed by atoms with Gasteiger partial charge in [-0.1, -0.05) is 43.3 Å². The SMILES string of the molecule is CCc1cc(C(Cc2ccccc2C)C(=O)O)ccc1OC. The molecule has 0 heterocycles. The smallest absolute Gasteiger partial charge is 0.311 e. The summed E-state index contributed by atoms with van der Waals surface area (Å²) in [7, 11) is 1.64. The van der Waals surface area contributed by atoms with Gasteiger partial charge in [0.05, 0.1) is 13.0 Å². The van der Waals surface area contributed by atoms with Crippen LogP contribution in [0, 0.1) is 6.92 Å². The molecule has 0 fully saturated rings. The van der Waals surface area contributed by atoms with Crippen molar-refractivity contribution in [2.24, 2.45) is 0 Å². The quantitative estimate of drug-likeness (QED) is 0.877.